The normalized spacial score (nSPS) is 11.9. The zero-order valence-electron chi connectivity index (χ0n) is 44.3. The van der Waals surface area contributed by atoms with Gasteiger partial charge in [0.25, 0.3) is 0 Å². The van der Waals surface area contributed by atoms with E-state index in [1.165, 1.54) is 52.8 Å². The fourth-order valence-electron chi connectivity index (χ4n) is 11.7. The van der Waals surface area contributed by atoms with Gasteiger partial charge in [-0.3, -0.25) is 0 Å². The van der Waals surface area contributed by atoms with Gasteiger partial charge in [-0.2, -0.15) is 0 Å². The van der Waals surface area contributed by atoms with Crippen LogP contribution in [0, 0.1) is 0 Å². The molecule has 0 aliphatic heterocycles. The Morgan fingerprint density at radius 3 is 1.52 bits per heavy atom. The largest absolute Gasteiger partial charge is 0.309 e. The molecule has 0 atom stereocenters. The third-order valence-corrected chi connectivity index (χ3v) is 16.6. The first kappa shape index (κ1) is 48.8. The number of fused-ring (bicyclic) bond motifs is 11. The number of thiophene rings is 1. The highest BCUT2D eigenvalue weighted by Crippen LogP contribution is 2.49. The Kier molecular flexibility index (Phi) is 12.3. The first-order valence-electron chi connectivity index (χ1n) is 27.0. The van der Waals surface area contributed by atoms with Gasteiger partial charge in [-0.05, 0) is 100 Å². The second kappa shape index (κ2) is 20.4. The molecule has 0 aliphatic rings. The van der Waals surface area contributed by atoms with Crippen molar-refractivity contribution < 1.29 is 0 Å². The second-order valence-electron chi connectivity index (χ2n) is 20.1. The molecule has 0 saturated heterocycles. The molecule has 5 nitrogen and oxygen atoms in total. The zero-order valence-corrected chi connectivity index (χ0v) is 45.1. The summed E-state index contributed by atoms with van der Waals surface area (Å²) in [6.07, 6.45) is 11.4. The third-order valence-electron chi connectivity index (χ3n) is 15.4. The van der Waals surface area contributed by atoms with Crippen LogP contribution in [-0.4, -0.2) is 24.1 Å². The predicted octanol–water partition coefficient (Wildman–Crippen LogP) is 20.3. The molecule has 4 aromatic heterocycles. The summed E-state index contributed by atoms with van der Waals surface area (Å²) in [4.78, 5) is 16.1. The van der Waals surface area contributed by atoms with E-state index in [2.05, 4.69) is 224 Å². The summed E-state index contributed by atoms with van der Waals surface area (Å²) in [7, 11) is 0. The van der Waals surface area contributed by atoms with Crippen LogP contribution in [0.15, 0.2) is 287 Å². The van der Waals surface area contributed by atoms with Crippen LogP contribution in [0.3, 0.4) is 0 Å². The first-order valence-corrected chi connectivity index (χ1v) is 27.9. The minimum atomic E-state index is 0.525. The zero-order chi connectivity index (χ0) is 54.6. The van der Waals surface area contributed by atoms with E-state index in [4.69, 9.17) is 15.0 Å². The number of hydrogen-bond acceptors (Lipinski definition) is 4. The van der Waals surface area contributed by atoms with Gasteiger partial charge < -0.3 is 9.13 Å². The molecular formula is C75H51N5S. The molecule has 14 rings (SSSR count). The summed E-state index contributed by atoms with van der Waals surface area (Å²) < 4.78 is 7.39. The molecule has 0 unspecified atom stereocenters. The maximum absolute atomic E-state index is 5.45. The molecule has 10 aromatic carbocycles. The molecular weight excluding hydrogens is 1000 g/mol. The van der Waals surface area contributed by atoms with E-state index < -0.39 is 0 Å². The molecule has 4 heterocycles. The average Bonchev–Trinajstić information content (AvgIpc) is 4.35. The van der Waals surface area contributed by atoms with Gasteiger partial charge in [-0.1, -0.05) is 220 Å². The van der Waals surface area contributed by atoms with Gasteiger partial charge in [0.2, 0.25) is 0 Å². The van der Waals surface area contributed by atoms with Gasteiger partial charge in [0, 0.05) is 75.2 Å². The van der Waals surface area contributed by atoms with Crippen molar-refractivity contribution in [3.63, 3.8) is 0 Å². The van der Waals surface area contributed by atoms with Crippen LogP contribution in [0.1, 0.15) is 11.1 Å². The van der Waals surface area contributed by atoms with Crippen LogP contribution in [0.5, 0.6) is 0 Å². The van der Waals surface area contributed by atoms with E-state index in [-0.39, 0.29) is 0 Å². The lowest BCUT2D eigenvalue weighted by atomic mass is 9.92. The number of benzene rings is 10. The number of para-hydroxylation sites is 3. The molecule has 0 amide bonds. The van der Waals surface area contributed by atoms with Gasteiger partial charge in [-0.15, -0.1) is 11.3 Å². The molecule has 0 N–H and O–H groups in total. The van der Waals surface area contributed by atoms with Crippen molar-refractivity contribution in [3.8, 4) is 67.8 Å². The van der Waals surface area contributed by atoms with Crippen molar-refractivity contribution in [2.45, 2.75) is 0 Å². The van der Waals surface area contributed by atoms with Crippen LogP contribution >= 0.6 is 11.3 Å². The van der Waals surface area contributed by atoms with Crippen molar-refractivity contribution in [2.24, 2.45) is 0 Å². The van der Waals surface area contributed by atoms with Crippen LogP contribution < -0.4 is 0 Å². The Morgan fingerprint density at radius 1 is 0.420 bits per heavy atom. The molecule has 382 valence electrons. The molecule has 0 saturated carbocycles. The maximum atomic E-state index is 5.45. The Balaban J connectivity index is 1.05. The SMILES string of the molecule is C=C/C=C\C(=C)c1cc(-c2ccccc2)cc(-c2nc(-c3ccccc3)nc(-c3cc(/C(C=C)=C/C=C)c(-n4c5ccccc5c5c6sc7c(ccc8c7c7ccccc7n8-c7ccccc7)c6ccc54)c(-c4ccccc4)c3)n2)c1. The standard InChI is InChI=1S/C75H51N5S/c1-5-8-26-48(4)53-43-54(50-27-13-9-14-28-50)45-55(44-53)74-76-73(52-31-17-11-18-32-52)77-75(78-74)56-46-62(49(7-3)25-6-2)70(63(47-56)51-29-15-10-16-30-51)80-65-38-24-22-36-61(65)69-67(80)42-40-59-58-39-41-66-68(71(58)81-72(59)69)60-35-21-23-37-64(60)79(66)57-33-19-12-20-34-57/h5-47H,1-4H2/b26-8-,49-25+. The quantitative estimate of drug-likeness (QED) is 0.108. The molecule has 0 aliphatic carbocycles. The summed E-state index contributed by atoms with van der Waals surface area (Å²) in [6.45, 7) is 17.0. The number of rotatable bonds is 13. The number of nitrogens with zero attached hydrogens (tertiary/aromatic N) is 5. The molecule has 6 heteroatoms. The first-order chi connectivity index (χ1) is 40.0. The highest BCUT2D eigenvalue weighted by atomic mass is 32.1. The van der Waals surface area contributed by atoms with Crippen LogP contribution in [0.2, 0.25) is 0 Å². The van der Waals surface area contributed by atoms with Crippen molar-refractivity contribution in [2.75, 3.05) is 0 Å². The van der Waals surface area contributed by atoms with Crippen molar-refractivity contribution in [1.82, 2.24) is 24.1 Å². The smallest absolute Gasteiger partial charge is 0.164 e. The lowest BCUT2D eigenvalue weighted by Gasteiger charge is -2.21. The highest BCUT2D eigenvalue weighted by Gasteiger charge is 2.26. The Labute approximate surface area is 473 Å². The minimum Gasteiger partial charge on any atom is -0.309 e. The molecule has 0 radical (unpaired) electrons. The lowest BCUT2D eigenvalue weighted by molar-refractivity contribution is 1.07. The van der Waals surface area contributed by atoms with Crippen LogP contribution in [0.4, 0.5) is 0 Å². The number of aromatic nitrogens is 5. The Bertz CT molecular complexity index is 4920. The van der Waals surface area contributed by atoms with E-state index in [9.17, 15) is 0 Å². The molecule has 0 spiro atoms. The summed E-state index contributed by atoms with van der Waals surface area (Å²) >= 11 is 1.89. The topological polar surface area (TPSA) is 48.5 Å². The minimum absolute atomic E-state index is 0.525. The summed E-state index contributed by atoms with van der Waals surface area (Å²) in [5.41, 5.74) is 17.0. The van der Waals surface area contributed by atoms with E-state index in [0.717, 1.165) is 83.6 Å². The second-order valence-corrected chi connectivity index (χ2v) is 21.1. The van der Waals surface area contributed by atoms with Gasteiger partial charge >= 0.3 is 0 Å². The highest BCUT2D eigenvalue weighted by molar-refractivity contribution is 7.27. The van der Waals surface area contributed by atoms with Gasteiger partial charge in [0.05, 0.1) is 27.8 Å². The summed E-state index contributed by atoms with van der Waals surface area (Å²) in [5.74, 6) is 1.62. The Morgan fingerprint density at radius 2 is 0.926 bits per heavy atom. The fourth-order valence-corrected chi connectivity index (χ4v) is 13.1. The number of allylic oxidation sites excluding steroid dienone is 8. The van der Waals surface area contributed by atoms with Crippen molar-refractivity contribution in [1.29, 1.82) is 0 Å². The van der Waals surface area contributed by atoms with Crippen molar-refractivity contribution >= 4 is 86.3 Å². The molecule has 14 aromatic rings. The molecule has 0 fully saturated rings. The molecule has 0 bridgehead atoms. The monoisotopic (exact) mass is 1050 g/mol. The van der Waals surface area contributed by atoms with Crippen LogP contribution in [-0.2, 0) is 0 Å². The van der Waals surface area contributed by atoms with E-state index in [1.807, 2.05) is 78.1 Å². The van der Waals surface area contributed by atoms with E-state index >= 15 is 0 Å². The van der Waals surface area contributed by atoms with E-state index in [1.54, 1.807) is 6.08 Å². The van der Waals surface area contributed by atoms with Gasteiger partial charge in [-0.25, -0.2) is 15.0 Å². The van der Waals surface area contributed by atoms with Gasteiger partial charge in [0.1, 0.15) is 0 Å². The average molecular weight is 1050 g/mol. The third kappa shape index (κ3) is 8.36. The molecule has 81 heavy (non-hydrogen) atoms. The van der Waals surface area contributed by atoms with Gasteiger partial charge in [0.15, 0.2) is 17.5 Å². The summed E-state index contributed by atoms with van der Waals surface area (Å²) in [6, 6.07) is 79.7. The van der Waals surface area contributed by atoms with Crippen molar-refractivity contribution in [3.05, 3.63) is 298 Å². The maximum Gasteiger partial charge on any atom is 0.164 e. The van der Waals surface area contributed by atoms with E-state index in [0.29, 0.717) is 17.5 Å². The summed E-state index contributed by atoms with van der Waals surface area (Å²) in [5, 5.41) is 7.37. The van der Waals surface area contributed by atoms with Crippen LogP contribution in [0.25, 0.3) is 143 Å². The lowest BCUT2D eigenvalue weighted by Crippen LogP contribution is -2.05. The number of hydrogen-bond donors (Lipinski definition) is 0. The fraction of sp³-hybridized carbons (Fsp3) is 0. The predicted molar refractivity (Wildman–Crippen MR) is 345 cm³/mol. The Hall–Kier alpha value is -10.5.